The van der Waals surface area contributed by atoms with Crippen LogP contribution in [-0.2, 0) is 11.2 Å². The molecule has 0 aliphatic carbocycles. The lowest BCUT2D eigenvalue weighted by Gasteiger charge is -2.43. The van der Waals surface area contributed by atoms with Gasteiger partial charge in [0.15, 0.2) is 5.60 Å². The van der Waals surface area contributed by atoms with Gasteiger partial charge in [-0.2, -0.15) is 0 Å². The predicted octanol–water partition coefficient (Wildman–Crippen LogP) is 3.64. The Bertz CT molecular complexity index is 792. The molecule has 3 heterocycles. The number of hydrogen-bond donors (Lipinski definition) is 2. The molecule has 3 aliphatic heterocycles. The highest BCUT2D eigenvalue weighted by Gasteiger charge is 2.44. The second-order valence-corrected chi connectivity index (χ2v) is 9.58. The fourth-order valence-corrected chi connectivity index (χ4v) is 5.62. The average molecular weight is 401 g/mol. The number of nitrogens with one attached hydrogen (secondary N) is 1. The first-order valence-electron chi connectivity index (χ1n) is 11.3. The fourth-order valence-electron chi connectivity index (χ4n) is 5.62. The third-order valence-corrected chi connectivity index (χ3v) is 7.85. The minimum Gasteiger partial charge on any atom is -0.507 e. The summed E-state index contributed by atoms with van der Waals surface area (Å²) in [6, 6.07) is 0. The van der Waals surface area contributed by atoms with Crippen LogP contribution >= 0.6 is 0 Å². The van der Waals surface area contributed by atoms with Gasteiger partial charge in [-0.25, -0.2) is 0 Å². The summed E-state index contributed by atoms with van der Waals surface area (Å²) < 4.78 is 6.41. The minimum atomic E-state index is -0.810. The number of ether oxygens (including phenoxy) is 1. The van der Waals surface area contributed by atoms with Gasteiger partial charge >= 0.3 is 0 Å². The maximum absolute atomic E-state index is 13.5. The standard InChI is InChI=1S/C24H36N2O3/c1-15-16(2)22-20(17(3)21(15)27)5-10-24(4,29-22)23(28)26-13-8-19(9-14-26)18-6-11-25-12-7-18/h18-19,25,27H,5-14H2,1-4H3. The molecule has 5 nitrogen and oxygen atoms in total. The molecule has 5 heteroatoms. The molecule has 2 N–H and O–H groups in total. The largest absolute Gasteiger partial charge is 0.507 e. The van der Waals surface area contributed by atoms with E-state index in [9.17, 15) is 9.90 Å². The van der Waals surface area contributed by atoms with Crippen molar-refractivity contribution < 1.29 is 14.6 Å². The number of aromatic hydroxyl groups is 1. The van der Waals surface area contributed by atoms with Crippen molar-refractivity contribution in [2.24, 2.45) is 11.8 Å². The lowest BCUT2D eigenvalue weighted by Crippen LogP contribution is -2.54. The second kappa shape index (κ2) is 7.82. The van der Waals surface area contributed by atoms with Crippen LogP contribution < -0.4 is 10.1 Å². The number of piperidine rings is 2. The molecule has 2 fully saturated rings. The lowest BCUT2D eigenvalue weighted by molar-refractivity contribution is -0.150. The van der Waals surface area contributed by atoms with E-state index in [0.717, 1.165) is 85.3 Å². The van der Waals surface area contributed by atoms with Crippen molar-refractivity contribution in [2.75, 3.05) is 26.2 Å². The number of rotatable bonds is 2. The van der Waals surface area contributed by atoms with E-state index >= 15 is 0 Å². The molecule has 0 radical (unpaired) electrons. The van der Waals surface area contributed by atoms with E-state index in [1.165, 1.54) is 12.8 Å². The molecule has 3 aliphatic rings. The zero-order valence-electron chi connectivity index (χ0n) is 18.4. The van der Waals surface area contributed by atoms with Gasteiger partial charge in [0.25, 0.3) is 5.91 Å². The van der Waals surface area contributed by atoms with Gasteiger partial charge in [-0.3, -0.25) is 4.79 Å². The quantitative estimate of drug-likeness (QED) is 0.796. The fraction of sp³-hybridized carbons (Fsp3) is 0.708. The second-order valence-electron chi connectivity index (χ2n) is 9.58. The van der Waals surface area contributed by atoms with E-state index in [1.54, 1.807) is 0 Å². The smallest absolute Gasteiger partial charge is 0.266 e. The predicted molar refractivity (Wildman–Crippen MR) is 115 cm³/mol. The van der Waals surface area contributed by atoms with E-state index < -0.39 is 5.60 Å². The molecule has 2 saturated heterocycles. The average Bonchev–Trinajstić information content (AvgIpc) is 2.76. The molecule has 1 amide bonds. The highest BCUT2D eigenvalue weighted by Crippen LogP contribution is 2.44. The Morgan fingerprint density at radius 3 is 2.31 bits per heavy atom. The number of phenolic OH excluding ortho intramolecular Hbond substituents is 1. The summed E-state index contributed by atoms with van der Waals surface area (Å²) in [6.45, 7) is 11.8. The number of carbonyl (C=O) groups is 1. The van der Waals surface area contributed by atoms with Gasteiger partial charge < -0.3 is 20.1 Å². The van der Waals surface area contributed by atoms with Gasteiger partial charge in [0.1, 0.15) is 11.5 Å². The molecule has 1 aromatic rings. The first-order chi connectivity index (χ1) is 13.8. The molecule has 1 atom stereocenters. The number of hydrogen-bond acceptors (Lipinski definition) is 4. The molecule has 0 spiro atoms. The van der Waals surface area contributed by atoms with E-state index in [1.807, 2.05) is 32.6 Å². The van der Waals surface area contributed by atoms with Gasteiger partial charge in [-0.1, -0.05) is 0 Å². The molecule has 1 aromatic carbocycles. The van der Waals surface area contributed by atoms with E-state index in [0.29, 0.717) is 12.2 Å². The molecular weight excluding hydrogens is 364 g/mol. The number of benzene rings is 1. The number of nitrogens with zero attached hydrogens (tertiary/aromatic N) is 1. The molecule has 29 heavy (non-hydrogen) atoms. The van der Waals surface area contributed by atoms with Gasteiger partial charge in [-0.05, 0) is 101 Å². The van der Waals surface area contributed by atoms with E-state index in [4.69, 9.17) is 4.74 Å². The first kappa shape index (κ1) is 20.5. The maximum atomic E-state index is 13.5. The normalized spacial score (nSPS) is 26.1. The third-order valence-electron chi connectivity index (χ3n) is 7.85. The monoisotopic (exact) mass is 400 g/mol. The third kappa shape index (κ3) is 3.63. The minimum absolute atomic E-state index is 0.134. The van der Waals surface area contributed by atoms with Crippen molar-refractivity contribution in [3.63, 3.8) is 0 Å². The number of phenols is 1. The Balaban J connectivity index is 1.46. The molecule has 0 aromatic heterocycles. The van der Waals surface area contributed by atoms with Crippen LogP contribution in [0.1, 0.15) is 61.3 Å². The van der Waals surface area contributed by atoms with Crippen molar-refractivity contribution in [1.29, 1.82) is 0 Å². The first-order valence-corrected chi connectivity index (χ1v) is 11.3. The number of amides is 1. The highest BCUT2D eigenvalue weighted by molar-refractivity contribution is 5.86. The van der Waals surface area contributed by atoms with Gasteiger partial charge in [0.2, 0.25) is 0 Å². The summed E-state index contributed by atoms with van der Waals surface area (Å²) in [4.78, 5) is 15.5. The van der Waals surface area contributed by atoms with Crippen LogP contribution in [0.15, 0.2) is 0 Å². The summed E-state index contributed by atoms with van der Waals surface area (Å²) in [5.74, 6) is 2.89. The zero-order chi connectivity index (χ0) is 20.8. The zero-order valence-corrected chi connectivity index (χ0v) is 18.4. The maximum Gasteiger partial charge on any atom is 0.266 e. The molecule has 160 valence electrons. The Labute approximate surface area is 174 Å². The molecule has 0 bridgehead atoms. The number of fused-ring (bicyclic) bond motifs is 1. The Morgan fingerprint density at radius 2 is 1.66 bits per heavy atom. The lowest BCUT2D eigenvalue weighted by atomic mass is 9.79. The summed E-state index contributed by atoms with van der Waals surface area (Å²) >= 11 is 0. The van der Waals surface area contributed by atoms with E-state index in [-0.39, 0.29) is 5.91 Å². The van der Waals surface area contributed by atoms with Crippen molar-refractivity contribution >= 4 is 5.91 Å². The number of carbonyl (C=O) groups excluding carboxylic acids is 1. The van der Waals surface area contributed by atoms with Gasteiger partial charge in [0, 0.05) is 25.1 Å². The SMILES string of the molecule is Cc1c(C)c2c(c(C)c1O)CCC(C)(C(=O)N1CCC(C3CCNCC3)CC1)O2. The Morgan fingerprint density at radius 1 is 1.03 bits per heavy atom. The molecule has 1 unspecified atom stereocenters. The van der Waals surface area contributed by atoms with Crippen LogP contribution in [0.25, 0.3) is 0 Å². The van der Waals surface area contributed by atoms with E-state index in [2.05, 4.69) is 5.32 Å². The molecular formula is C24H36N2O3. The molecule has 4 rings (SSSR count). The van der Waals surface area contributed by atoms with Gasteiger partial charge in [0.05, 0.1) is 0 Å². The van der Waals surface area contributed by atoms with Crippen LogP contribution in [0.5, 0.6) is 11.5 Å². The Hall–Kier alpha value is -1.75. The summed E-state index contributed by atoms with van der Waals surface area (Å²) in [7, 11) is 0. The molecule has 0 saturated carbocycles. The van der Waals surface area contributed by atoms with Crippen molar-refractivity contribution in [3.05, 3.63) is 22.3 Å². The van der Waals surface area contributed by atoms with Crippen LogP contribution in [0, 0.1) is 32.6 Å². The summed E-state index contributed by atoms with van der Waals surface area (Å²) in [6.07, 6.45) is 6.23. The van der Waals surface area contributed by atoms with Crippen LogP contribution in [0.3, 0.4) is 0 Å². The Kier molecular flexibility index (Phi) is 5.54. The van der Waals surface area contributed by atoms with Crippen molar-refractivity contribution in [1.82, 2.24) is 10.2 Å². The van der Waals surface area contributed by atoms with Crippen LogP contribution in [-0.4, -0.2) is 47.7 Å². The van der Waals surface area contributed by atoms with Crippen molar-refractivity contribution in [2.45, 2.75) is 71.8 Å². The van der Waals surface area contributed by atoms with Gasteiger partial charge in [-0.15, -0.1) is 0 Å². The summed E-state index contributed by atoms with van der Waals surface area (Å²) in [5, 5.41) is 13.8. The van der Waals surface area contributed by atoms with Crippen LogP contribution in [0.2, 0.25) is 0 Å². The highest BCUT2D eigenvalue weighted by atomic mass is 16.5. The van der Waals surface area contributed by atoms with Crippen molar-refractivity contribution in [3.8, 4) is 11.5 Å². The topological polar surface area (TPSA) is 61.8 Å². The van der Waals surface area contributed by atoms with Crippen LogP contribution in [0.4, 0.5) is 0 Å². The number of likely N-dealkylation sites (tertiary alicyclic amines) is 1. The summed E-state index contributed by atoms with van der Waals surface area (Å²) in [5.41, 5.74) is 2.93.